The highest BCUT2D eigenvalue weighted by Crippen LogP contribution is 2.31. The third-order valence-electron chi connectivity index (χ3n) is 4.78. The van der Waals surface area contributed by atoms with Crippen LogP contribution in [0.15, 0.2) is 41.3 Å². The van der Waals surface area contributed by atoms with Crippen molar-refractivity contribution in [1.82, 2.24) is 15.2 Å². The predicted octanol–water partition coefficient (Wildman–Crippen LogP) is 2.21. The zero-order valence-corrected chi connectivity index (χ0v) is 18.2. The van der Waals surface area contributed by atoms with Gasteiger partial charge in [0.2, 0.25) is 15.9 Å². The normalized spacial score (nSPS) is 16.7. The summed E-state index contributed by atoms with van der Waals surface area (Å²) in [6.45, 7) is 7.93. The van der Waals surface area contributed by atoms with Gasteiger partial charge >= 0.3 is 0 Å². The summed E-state index contributed by atoms with van der Waals surface area (Å²) in [6, 6.07) is 10.4. The fourth-order valence-corrected chi connectivity index (χ4v) is 4.30. The Balaban J connectivity index is 2.10. The van der Waals surface area contributed by atoms with Gasteiger partial charge in [0.05, 0.1) is 11.8 Å². The monoisotopic (exact) mass is 438 g/mol. The first-order valence-electron chi connectivity index (χ1n) is 9.63. The van der Waals surface area contributed by atoms with E-state index in [2.05, 4.69) is 15.2 Å². The van der Waals surface area contributed by atoms with E-state index in [0.29, 0.717) is 23.1 Å². The molecule has 2 heterocycles. The number of nitrogens with zero attached hydrogens (tertiary/aromatic N) is 2. The number of nitrogens with one attached hydrogen (secondary N) is 1. The van der Waals surface area contributed by atoms with Gasteiger partial charge in [-0.25, -0.2) is 18.5 Å². The molecule has 1 atom stereocenters. The van der Waals surface area contributed by atoms with Crippen LogP contribution in [0.25, 0.3) is 0 Å². The minimum atomic E-state index is -3.96. The van der Waals surface area contributed by atoms with Crippen LogP contribution < -0.4 is 15.2 Å². The van der Waals surface area contributed by atoms with Crippen LogP contribution in [0.5, 0.6) is 5.88 Å². The fraction of sp³-hybridized carbons (Fsp3) is 0.450. The molecule has 0 bridgehead atoms. The largest absolute Gasteiger partial charge is 0.475 e. The Kier molecular flexibility index (Phi) is 7.13. The van der Waals surface area contributed by atoms with Crippen LogP contribution in [-0.2, 0) is 10.0 Å². The molecular formula is C20H27ClN4O3S. The van der Waals surface area contributed by atoms with Crippen molar-refractivity contribution in [2.75, 3.05) is 32.7 Å². The van der Waals surface area contributed by atoms with Gasteiger partial charge in [-0.05, 0) is 37.6 Å². The first kappa shape index (κ1) is 22.0. The molecule has 7 nitrogen and oxygen atoms in total. The number of sulfonamides is 1. The Hall–Kier alpha value is -1.71. The smallest absolute Gasteiger partial charge is 0.239 e. The number of piperazine rings is 1. The highest BCUT2D eigenvalue weighted by Gasteiger charge is 2.28. The van der Waals surface area contributed by atoms with Gasteiger partial charge in [0, 0.05) is 49.7 Å². The average molecular weight is 439 g/mol. The molecule has 1 unspecified atom stereocenters. The molecule has 0 radical (unpaired) electrons. The Morgan fingerprint density at radius 1 is 1.17 bits per heavy atom. The van der Waals surface area contributed by atoms with Gasteiger partial charge in [-0.1, -0.05) is 23.7 Å². The second-order valence-electron chi connectivity index (χ2n) is 7.40. The van der Waals surface area contributed by atoms with E-state index in [4.69, 9.17) is 21.5 Å². The van der Waals surface area contributed by atoms with Crippen LogP contribution in [0, 0.1) is 0 Å². The average Bonchev–Trinajstić information content (AvgIpc) is 2.66. The molecule has 29 heavy (non-hydrogen) atoms. The van der Waals surface area contributed by atoms with Crippen molar-refractivity contribution in [2.24, 2.45) is 5.14 Å². The van der Waals surface area contributed by atoms with E-state index >= 15 is 0 Å². The minimum Gasteiger partial charge on any atom is -0.475 e. The Labute approximate surface area is 177 Å². The maximum atomic E-state index is 12.3. The van der Waals surface area contributed by atoms with Crippen molar-refractivity contribution >= 4 is 21.6 Å². The molecule has 2 aromatic rings. The van der Waals surface area contributed by atoms with E-state index in [1.165, 1.54) is 6.07 Å². The van der Waals surface area contributed by atoms with Crippen LogP contribution in [0.4, 0.5) is 0 Å². The van der Waals surface area contributed by atoms with Crippen molar-refractivity contribution in [3.05, 3.63) is 52.7 Å². The summed E-state index contributed by atoms with van der Waals surface area (Å²) in [6.07, 6.45) is -0.0853. The van der Waals surface area contributed by atoms with Gasteiger partial charge in [0.25, 0.3) is 0 Å². The summed E-state index contributed by atoms with van der Waals surface area (Å²) in [5, 5.41) is 9.48. The molecule has 9 heteroatoms. The molecule has 0 aliphatic carbocycles. The van der Waals surface area contributed by atoms with Gasteiger partial charge in [0.15, 0.2) is 0 Å². The highest BCUT2D eigenvalue weighted by molar-refractivity contribution is 7.89. The summed E-state index contributed by atoms with van der Waals surface area (Å²) in [4.78, 5) is 6.90. The van der Waals surface area contributed by atoms with Crippen LogP contribution in [-0.4, -0.2) is 57.1 Å². The van der Waals surface area contributed by atoms with Crippen molar-refractivity contribution < 1.29 is 13.2 Å². The SMILES string of the molecule is CC(C)Oc1ccc(S(N)(=O)=O)c(C(CN2CCNCC2)c2ccc(Cl)cc2)n1. The van der Waals surface area contributed by atoms with Gasteiger partial charge < -0.3 is 10.1 Å². The van der Waals surface area contributed by atoms with Crippen LogP contribution in [0.3, 0.4) is 0 Å². The number of rotatable bonds is 7. The van der Waals surface area contributed by atoms with Gasteiger partial charge in [0.1, 0.15) is 4.90 Å². The lowest BCUT2D eigenvalue weighted by molar-refractivity contribution is 0.225. The first-order chi connectivity index (χ1) is 13.7. The number of benzene rings is 1. The molecule has 0 saturated carbocycles. The molecule has 1 aromatic carbocycles. The van der Waals surface area contributed by atoms with Crippen molar-refractivity contribution in [2.45, 2.75) is 30.8 Å². The Morgan fingerprint density at radius 3 is 2.41 bits per heavy atom. The van der Waals surface area contributed by atoms with E-state index in [-0.39, 0.29) is 16.9 Å². The third kappa shape index (κ3) is 5.90. The molecule has 158 valence electrons. The number of primary sulfonamides is 1. The predicted molar refractivity (Wildman–Crippen MR) is 114 cm³/mol. The van der Waals surface area contributed by atoms with E-state index in [1.807, 2.05) is 26.0 Å². The summed E-state index contributed by atoms with van der Waals surface area (Å²) in [5.74, 6) is 0.0797. The summed E-state index contributed by atoms with van der Waals surface area (Å²) in [5.41, 5.74) is 1.32. The van der Waals surface area contributed by atoms with E-state index in [1.54, 1.807) is 18.2 Å². The maximum Gasteiger partial charge on any atom is 0.239 e. The van der Waals surface area contributed by atoms with Crippen LogP contribution in [0.1, 0.15) is 31.0 Å². The summed E-state index contributed by atoms with van der Waals surface area (Å²) in [7, 11) is -3.96. The molecule has 1 saturated heterocycles. The number of aromatic nitrogens is 1. The molecule has 0 amide bonds. The summed E-state index contributed by atoms with van der Waals surface area (Å²) < 4.78 is 30.4. The molecule has 1 aliphatic rings. The molecule has 0 spiro atoms. The molecule has 3 rings (SSSR count). The van der Waals surface area contributed by atoms with E-state index in [0.717, 1.165) is 31.7 Å². The van der Waals surface area contributed by atoms with Crippen LogP contribution >= 0.6 is 11.6 Å². The second-order valence-corrected chi connectivity index (χ2v) is 9.37. The topological polar surface area (TPSA) is 97.5 Å². The van der Waals surface area contributed by atoms with Gasteiger partial charge in [-0.15, -0.1) is 0 Å². The lowest BCUT2D eigenvalue weighted by Crippen LogP contribution is -2.45. The van der Waals surface area contributed by atoms with Crippen molar-refractivity contribution in [3.8, 4) is 5.88 Å². The summed E-state index contributed by atoms with van der Waals surface area (Å²) >= 11 is 6.07. The fourth-order valence-electron chi connectivity index (χ4n) is 3.44. The second kappa shape index (κ2) is 9.40. The van der Waals surface area contributed by atoms with Crippen molar-refractivity contribution in [1.29, 1.82) is 0 Å². The number of pyridine rings is 1. The quantitative estimate of drug-likeness (QED) is 0.687. The van der Waals surface area contributed by atoms with Gasteiger partial charge in [-0.3, -0.25) is 4.90 Å². The van der Waals surface area contributed by atoms with Crippen LogP contribution in [0.2, 0.25) is 5.02 Å². The standard InChI is InChI=1S/C20H27ClN4O3S/c1-14(2)28-19-8-7-18(29(22,26)27)20(24-19)17(13-25-11-9-23-10-12-25)15-3-5-16(21)6-4-15/h3-8,14,17,23H,9-13H2,1-2H3,(H2,22,26,27). The Morgan fingerprint density at radius 2 is 1.83 bits per heavy atom. The number of hydrogen-bond acceptors (Lipinski definition) is 6. The minimum absolute atomic E-state index is 0.0173. The molecule has 3 N–H and O–H groups in total. The van der Waals surface area contributed by atoms with E-state index in [9.17, 15) is 8.42 Å². The maximum absolute atomic E-state index is 12.3. The van der Waals surface area contributed by atoms with Gasteiger partial charge in [-0.2, -0.15) is 0 Å². The molecule has 1 aliphatic heterocycles. The number of ether oxygens (including phenoxy) is 1. The lowest BCUT2D eigenvalue weighted by Gasteiger charge is -2.31. The molecule has 1 fully saturated rings. The zero-order valence-electron chi connectivity index (χ0n) is 16.6. The van der Waals surface area contributed by atoms with E-state index < -0.39 is 10.0 Å². The zero-order chi connectivity index (χ0) is 21.0. The lowest BCUT2D eigenvalue weighted by atomic mass is 9.94. The van der Waals surface area contributed by atoms with Crippen molar-refractivity contribution in [3.63, 3.8) is 0 Å². The Bertz CT molecular complexity index is 929. The number of hydrogen-bond donors (Lipinski definition) is 2. The number of halogens is 1. The molecular weight excluding hydrogens is 412 g/mol. The highest BCUT2D eigenvalue weighted by atomic mass is 35.5. The molecule has 1 aromatic heterocycles. The third-order valence-corrected chi connectivity index (χ3v) is 5.99. The first-order valence-corrected chi connectivity index (χ1v) is 11.6. The number of nitrogens with two attached hydrogens (primary N) is 1.